The molecule has 0 aromatic carbocycles. The Kier molecular flexibility index (Phi) is 4.02. The lowest BCUT2D eigenvalue weighted by atomic mass is 9.46. The maximum absolute atomic E-state index is 14.5. The van der Waals surface area contributed by atoms with Crippen LogP contribution in [0.4, 0.5) is 4.39 Å². The van der Waals surface area contributed by atoms with E-state index < -0.39 is 11.7 Å². The highest BCUT2D eigenvalue weighted by Crippen LogP contribution is 2.66. The quantitative estimate of drug-likeness (QED) is 0.722. The van der Waals surface area contributed by atoms with E-state index in [2.05, 4.69) is 19.2 Å². The lowest BCUT2D eigenvalue weighted by Gasteiger charge is -2.60. The van der Waals surface area contributed by atoms with Gasteiger partial charge in [0.15, 0.2) is 5.83 Å². The predicted octanol–water partition coefficient (Wildman–Crippen LogP) is 3.76. The minimum atomic E-state index is -0.586. The molecule has 1 heterocycles. The van der Waals surface area contributed by atoms with E-state index >= 15 is 0 Å². The summed E-state index contributed by atoms with van der Waals surface area (Å²) in [5.41, 5.74) is 0.309. The summed E-state index contributed by atoms with van der Waals surface area (Å²) in [4.78, 5) is 24.3. The van der Waals surface area contributed by atoms with Crippen molar-refractivity contribution in [2.24, 2.45) is 34.5 Å². The second-order valence-electron chi connectivity index (χ2n) is 9.40. The molecular formula is C21H30FNO3. The molecule has 1 aliphatic heterocycles. The first-order chi connectivity index (χ1) is 12.2. The molecule has 144 valence electrons. The van der Waals surface area contributed by atoms with E-state index in [9.17, 15) is 14.0 Å². The Bertz CT molecular complexity index is 689. The van der Waals surface area contributed by atoms with E-state index in [-0.39, 0.29) is 28.8 Å². The van der Waals surface area contributed by atoms with Crippen LogP contribution in [0, 0.1) is 34.5 Å². The summed E-state index contributed by atoms with van der Waals surface area (Å²) in [6.07, 6.45) is 5.85. The molecule has 26 heavy (non-hydrogen) atoms. The fourth-order valence-corrected chi connectivity index (χ4v) is 7.27. The van der Waals surface area contributed by atoms with Gasteiger partial charge < -0.3 is 10.1 Å². The molecule has 4 rings (SSSR count). The molecule has 5 heteroatoms. The topological polar surface area (TPSA) is 55.4 Å². The number of rotatable bonds is 1. The van der Waals surface area contributed by atoms with Gasteiger partial charge in [0.1, 0.15) is 0 Å². The second-order valence-corrected chi connectivity index (χ2v) is 9.40. The highest BCUT2D eigenvalue weighted by molar-refractivity contribution is 5.93. The van der Waals surface area contributed by atoms with Gasteiger partial charge in [0, 0.05) is 11.5 Å². The van der Waals surface area contributed by atoms with E-state index in [1.165, 1.54) is 7.11 Å². The lowest BCUT2D eigenvalue weighted by molar-refractivity contribution is -0.153. The minimum absolute atomic E-state index is 0.00840. The van der Waals surface area contributed by atoms with Crippen LogP contribution in [0.15, 0.2) is 11.4 Å². The van der Waals surface area contributed by atoms with E-state index in [4.69, 9.17) is 4.74 Å². The van der Waals surface area contributed by atoms with Gasteiger partial charge in [0.25, 0.3) is 5.91 Å². The number of fused-ring (bicyclic) bond motifs is 5. The van der Waals surface area contributed by atoms with E-state index in [1.807, 2.05) is 6.92 Å². The van der Waals surface area contributed by atoms with Crippen molar-refractivity contribution in [3.8, 4) is 0 Å². The van der Waals surface area contributed by atoms with E-state index in [0.29, 0.717) is 23.3 Å². The van der Waals surface area contributed by atoms with Crippen LogP contribution in [0.25, 0.3) is 0 Å². The van der Waals surface area contributed by atoms with Crippen molar-refractivity contribution in [3.05, 3.63) is 11.4 Å². The van der Waals surface area contributed by atoms with Gasteiger partial charge in [-0.05, 0) is 74.2 Å². The number of carbonyl (C=O) groups excluding carboxylic acids is 2. The SMILES string of the molecule is COC(=O)C1CC[C@H]2[C@@H]3CCC4NC(=O)C(F)=C(C)[C@]4(C)[C@@H]3CC[C@]12C. The van der Waals surface area contributed by atoms with Gasteiger partial charge in [-0.3, -0.25) is 9.59 Å². The molecule has 0 aromatic rings. The summed E-state index contributed by atoms with van der Waals surface area (Å²) in [6, 6.07) is 0.0258. The van der Waals surface area contributed by atoms with Gasteiger partial charge in [-0.1, -0.05) is 13.8 Å². The summed E-state index contributed by atoms with van der Waals surface area (Å²) < 4.78 is 19.6. The van der Waals surface area contributed by atoms with Crippen LogP contribution in [0.1, 0.15) is 59.3 Å². The van der Waals surface area contributed by atoms with Crippen molar-refractivity contribution >= 4 is 11.9 Å². The van der Waals surface area contributed by atoms with Gasteiger partial charge in [-0.2, -0.15) is 0 Å². The van der Waals surface area contributed by atoms with Gasteiger partial charge in [-0.25, -0.2) is 4.39 Å². The maximum Gasteiger partial charge on any atom is 0.309 e. The van der Waals surface area contributed by atoms with E-state index in [1.54, 1.807) is 0 Å². The van der Waals surface area contributed by atoms with Gasteiger partial charge in [0.2, 0.25) is 0 Å². The molecule has 1 N–H and O–H groups in total. The van der Waals surface area contributed by atoms with Gasteiger partial charge >= 0.3 is 5.97 Å². The molecule has 3 aliphatic carbocycles. The zero-order valence-corrected chi connectivity index (χ0v) is 16.2. The van der Waals surface area contributed by atoms with Gasteiger partial charge in [0.05, 0.1) is 13.0 Å². The molecular weight excluding hydrogens is 333 g/mol. The number of esters is 1. The van der Waals surface area contributed by atoms with Crippen LogP contribution in [0.5, 0.6) is 0 Å². The first kappa shape index (κ1) is 18.0. The Morgan fingerprint density at radius 3 is 2.58 bits per heavy atom. The number of halogens is 1. The zero-order chi connectivity index (χ0) is 18.9. The van der Waals surface area contributed by atoms with Gasteiger partial charge in [-0.15, -0.1) is 0 Å². The van der Waals surface area contributed by atoms with Crippen molar-refractivity contribution in [3.63, 3.8) is 0 Å². The molecule has 4 aliphatic rings. The summed E-state index contributed by atoms with van der Waals surface area (Å²) in [6.45, 7) is 6.23. The third-order valence-electron chi connectivity index (χ3n) is 8.85. The predicted molar refractivity (Wildman–Crippen MR) is 95.6 cm³/mol. The number of carbonyl (C=O) groups is 2. The normalized spacial score (nSPS) is 47.6. The molecule has 0 spiro atoms. The largest absolute Gasteiger partial charge is 0.469 e. The molecule has 2 unspecified atom stereocenters. The molecule has 0 aromatic heterocycles. The van der Waals surface area contributed by atoms with Crippen LogP contribution >= 0.6 is 0 Å². The summed E-state index contributed by atoms with van der Waals surface area (Å²) in [5.74, 6) is 0.122. The number of amides is 1. The van der Waals surface area contributed by atoms with Crippen LogP contribution < -0.4 is 5.32 Å². The third-order valence-corrected chi connectivity index (χ3v) is 8.85. The van der Waals surface area contributed by atoms with Crippen LogP contribution in [0.3, 0.4) is 0 Å². The number of methoxy groups -OCH3 is 1. The molecule has 0 bridgehead atoms. The van der Waals surface area contributed by atoms with Crippen molar-refractivity contribution in [2.75, 3.05) is 7.11 Å². The standard InChI is InChI=1S/C21H30FNO3/c1-11-17(22)18(24)23-16-8-5-12-13-6-7-15(19(25)26-4)20(13,2)10-9-14(12)21(11,16)3/h12-16H,5-10H2,1-4H3,(H,23,24)/t12-,13-,14+,15?,16?,20-,21+/m0/s1. The summed E-state index contributed by atoms with van der Waals surface area (Å²) >= 11 is 0. The Labute approximate surface area is 154 Å². The monoisotopic (exact) mass is 363 g/mol. The number of ether oxygens (including phenoxy) is 1. The third kappa shape index (κ3) is 2.12. The molecule has 1 amide bonds. The lowest BCUT2D eigenvalue weighted by Crippen LogP contribution is -2.61. The first-order valence-corrected chi connectivity index (χ1v) is 10.0. The molecule has 0 saturated heterocycles. The van der Waals surface area contributed by atoms with Crippen molar-refractivity contribution in [2.45, 2.75) is 65.3 Å². The average Bonchev–Trinajstić information content (AvgIpc) is 2.98. The Morgan fingerprint density at radius 2 is 1.88 bits per heavy atom. The van der Waals surface area contributed by atoms with Crippen molar-refractivity contribution < 1.29 is 18.7 Å². The molecule has 4 nitrogen and oxygen atoms in total. The Balaban J connectivity index is 1.70. The Hall–Kier alpha value is -1.39. The van der Waals surface area contributed by atoms with E-state index in [0.717, 1.165) is 38.5 Å². The highest BCUT2D eigenvalue weighted by atomic mass is 19.1. The fraction of sp³-hybridized carbons (Fsp3) is 0.810. The summed E-state index contributed by atoms with van der Waals surface area (Å²) in [7, 11) is 1.48. The Morgan fingerprint density at radius 1 is 1.15 bits per heavy atom. The zero-order valence-electron chi connectivity index (χ0n) is 16.2. The van der Waals surface area contributed by atoms with Crippen LogP contribution in [-0.4, -0.2) is 25.0 Å². The highest BCUT2D eigenvalue weighted by Gasteiger charge is 2.62. The molecule has 0 radical (unpaired) electrons. The first-order valence-electron chi connectivity index (χ1n) is 10.0. The number of hydrogen-bond donors (Lipinski definition) is 1. The van der Waals surface area contributed by atoms with Crippen LogP contribution in [0.2, 0.25) is 0 Å². The molecule has 3 saturated carbocycles. The smallest absolute Gasteiger partial charge is 0.309 e. The minimum Gasteiger partial charge on any atom is -0.469 e. The summed E-state index contributed by atoms with van der Waals surface area (Å²) in [5, 5.41) is 2.93. The number of nitrogens with one attached hydrogen (secondary N) is 1. The van der Waals surface area contributed by atoms with Crippen molar-refractivity contribution in [1.82, 2.24) is 5.32 Å². The number of hydrogen-bond acceptors (Lipinski definition) is 3. The van der Waals surface area contributed by atoms with Crippen molar-refractivity contribution in [1.29, 1.82) is 0 Å². The second kappa shape index (κ2) is 5.80. The fourth-order valence-electron chi connectivity index (χ4n) is 7.27. The molecule has 3 fully saturated rings. The molecule has 7 atom stereocenters. The average molecular weight is 363 g/mol. The maximum atomic E-state index is 14.5. The van der Waals surface area contributed by atoms with Crippen LogP contribution in [-0.2, 0) is 14.3 Å².